The van der Waals surface area contributed by atoms with Crippen LogP contribution in [0.4, 0.5) is 0 Å². The van der Waals surface area contributed by atoms with E-state index in [-0.39, 0.29) is 25.7 Å². The van der Waals surface area contributed by atoms with Crippen molar-refractivity contribution in [3.8, 4) is 0 Å². The van der Waals surface area contributed by atoms with Crippen molar-refractivity contribution < 1.29 is 80.2 Å². The molecule has 0 heterocycles. The fourth-order valence-electron chi connectivity index (χ4n) is 12.1. The minimum atomic E-state index is -4.97. The largest absolute Gasteiger partial charge is 0.472 e. The van der Waals surface area contributed by atoms with E-state index in [2.05, 4.69) is 72.8 Å². The van der Waals surface area contributed by atoms with Gasteiger partial charge in [-0.2, -0.15) is 0 Å². The van der Waals surface area contributed by atoms with Gasteiger partial charge in [0, 0.05) is 25.7 Å². The molecule has 0 radical (unpaired) electrons. The second-order valence-electron chi connectivity index (χ2n) is 30.0. The highest BCUT2D eigenvalue weighted by atomic mass is 31.2. The monoisotopic (exact) mass is 1480 g/mol. The van der Waals surface area contributed by atoms with Crippen molar-refractivity contribution in [3.63, 3.8) is 0 Å². The Balaban J connectivity index is 5.30. The first-order valence-electron chi connectivity index (χ1n) is 41.7. The summed E-state index contributed by atoms with van der Waals surface area (Å²) < 4.78 is 68.7. The molecule has 3 unspecified atom stereocenters. The lowest BCUT2D eigenvalue weighted by Crippen LogP contribution is -2.30. The van der Waals surface area contributed by atoms with E-state index in [0.29, 0.717) is 25.7 Å². The summed E-state index contributed by atoms with van der Waals surface area (Å²) in [5.41, 5.74) is 0. The van der Waals surface area contributed by atoms with Gasteiger partial charge in [0.2, 0.25) is 0 Å². The summed E-state index contributed by atoms with van der Waals surface area (Å²) in [5.74, 6) is 0.226. The van der Waals surface area contributed by atoms with Crippen LogP contribution in [-0.2, 0) is 65.4 Å². The van der Waals surface area contributed by atoms with E-state index < -0.39 is 97.5 Å². The van der Waals surface area contributed by atoms with Gasteiger partial charge in [0.05, 0.1) is 26.4 Å². The zero-order valence-corrected chi connectivity index (χ0v) is 67.6. The SMILES string of the molecule is CCCCCC/C=C\C=C/CCCCCCCC(=O)OC[C@H](COP(=O)(O)OC[C@@H](O)COP(=O)(O)OC[C@@H](COC(=O)CCCCCCCCCCCCC(C)C)OC(=O)CCCCCCCCCCCCC(C)CC)OC(=O)CCCCCCCCCCCCCCCCCCC(C)C. The Kier molecular flexibility index (Phi) is 70.0. The van der Waals surface area contributed by atoms with Crippen molar-refractivity contribution >= 4 is 39.5 Å². The standard InChI is InChI=1S/C82H156O17P2/c1-8-10-11-12-13-14-15-16-19-23-26-35-42-49-56-63-79(84)92-69-77(98-81(86)65-58-51-44-37-27-24-21-18-17-20-22-25-32-39-46-53-60-73(3)4)71-96-100(88,89)94-67-76(83)68-95-101(90,91)97-72-78(70-93-80(85)64-57-50-43-36-30-28-33-40-47-54-61-74(5)6)99-82(87)66-59-52-45-38-31-29-34-41-48-55-62-75(7)9-2/h14-16,19,73-78,83H,8-13,17-18,20-72H2,1-7H3,(H,88,89)(H,90,91)/b15-14-,19-16-/t75?,76-,77-,78-/m1/s1. The Hall–Kier alpha value is -2.46. The molecule has 3 N–H and O–H groups in total. The van der Waals surface area contributed by atoms with E-state index >= 15 is 0 Å². The van der Waals surface area contributed by atoms with Crippen molar-refractivity contribution in [2.45, 2.75) is 420 Å². The van der Waals surface area contributed by atoms with Crippen molar-refractivity contribution in [2.75, 3.05) is 39.6 Å². The van der Waals surface area contributed by atoms with Crippen LogP contribution in [0.3, 0.4) is 0 Å². The molecule has 6 atom stereocenters. The first-order chi connectivity index (χ1) is 48.8. The molecule has 19 heteroatoms. The normalized spacial score (nSPS) is 14.4. The van der Waals surface area contributed by atoms with Crippen LogP contribution in [0, 0.1) is 17.8 Å². The van der Waals surface area contributed by atoms with Crippen LogP contribution in [-0.4, -0.2) is 96.7 Å². The zero-order valence-electron chi connectivity index (χ0n) is 65.9. The van der Waals surface area contributed by atoms with Crippen LogP contribution in [0.2, 0.25) is 0 Å². The molecule has 0 amide bonds. The summed E-state index contributed by atoms with van der Waals surface area (Å²) in [6.45, 7) is 11.9. The lowest BCUT2D eigenvalue weighted by Gasteiger charge is -2.21. The van der Waals surface area contributed by atoms with Gasteiger partial charge in [0.1, 0.15) is 19.3 Å². The number of hydrogen-bond acceptors (Lipinski definition) is 15. The molecule has 596 valence electrons. The molecule has 0 saturated heterocycles. The van der Waals surface area contributed by atoms with E-state index in [1.54, 1.807) is 0 Å². The molecule has 0 aliphatic rings. The fraction of sp³-hybridized carbons (Fsp3) is 0.902. The predicted molar refractivity (Wildman–Crippen MR) is 414 cm³/mol. The molecule has 0 rings (SSSR count). The van der Waals surface area contributed by atoms with E-state index in [9.17, 15) is 43.2 Å². The Morgan fingerprint density at radius 3 is 0.881 bits per heavy atom. The number of carbonyl (C=O) groups is 4. The van der Waals surface area contributed by atoms with Crippen LogP contribution in [0.5, 0.6) is 0 Å². The minimum absolute atomic E-state index is 0.101. The number of phosphoric acid groups is 2. The quantitative estimate of drug-likeness (QED) is 0.0169. The first kappa shape index (κ1) is 98.5. The zero-order chi connectivity index (χ0) is 74.4. The van der Waals surface area contributed by atoms with Gasteiger partial charge in [-0.15, -0.1) is 0 Å². The molecular formula is C82H156O17P2. The number of esters is 4. The molecule has 0 aliphatic carbocycles. The topological polar surface area (TPSA) is 237 Å². The minimum Gasteiger partial charge on any atom is -0.462 e. The fourth-order valence-corrected chi connectivity index (χ4v) is 13.7. The summed E-state index contributed by atoms with van der Waals surface area (Å²) >= 11 is 0. The van der Waals surface area contributed by atoms with Crippen molar-refractivity contribution in [2.24, 2.45) is 17.8 Å². The second-order valence-corrected chi connectivity index (χ2v) is 32.9. The smallest absolute Gasteiger partial charge is 0.462 e. The summed E-state index contributed by atoms with van der Waals surface area (Å²) in [5, 5.41) is 10.6. The Bertz CT molecular complexity index is 2050. The maximum Gasteiger partial charge on any atom is 0.472 e. The first-order valence-corrected chi connectivity index (χ1v) is 44.7. The van der Waals surface area contributed by atoms with Gasteiger partial charge in [0.25, 0.3) is 0 Å². The Labute approximate surface area is 618 Å². The Morgan fingerprint density at radius 1 is 0.327 bits per heavy atom. The lowest BCUT2D eigenvalue weighted by molar-refractivity contribution is -0.161. The molecule has 0 spiro atoms. The number of carbonyl (C=O) groups excluding carboxylic acids is 4. The lowest BCUT2D eigenvalue weighted by atomic mass is 9.99. The number of rotatable bonds is 78. The second kappa shape index (κ2) is 71.8. The number of allylic oxidation sites excluding steroid dienone is 4. The molecule has 0 bridgehead atoms. The molecule has 17 nitrogen and oxygen atoms in total. The summed E-state index contributed by atoms with van der Waals surface area (Å²) in [4.78, 5) is 73.1. The average Bonchev–Trinajstić information content (AvgIpc) is 0.943. The molecule has 0 fully saturated rings. The molecule has 0 aliphatic heterocycles. The van der Waals surface area contributed by atoms with E-state index in [1.807, 2.05) is 0 Å². The molecule has 0 aromatic carbocycles. The predicted octanol–water partition coefficient (Wildman–Crippen LogP) is 24.1. The molecule has 0 aromatic rings. The van der Waals surface area contributed by atoms with Gasteiger partial charge >= 0.3 is 39.5 Å². The Morgan fingerprint density at radius 2 is 0.584 bits per heavy atom. The van der Waals surface area contributed by atoms with Crippen molar-refractivity contribution in [1.29, 1.82) is 0 Å². The number of aliphatic hydroxyl groups is 1. The van der Waals surface area contributed by atoms with Gasteiger partial charge in [-0.3, -0.25) is 37.3 Å². The van der Waals surface area contributed by atoms with E-state index in [1.165, 1.54) is 193 Å². The maximum atomic E-state index is 13.1. The van der Waals surface area contributed by atoms with Gasteiger partial charge in [-0.05, 0) is 69.1 Å². The third-order valence-corrected chi connectivity index (χ3v) is 20.8. The van der Waals surface area contributed by atoms with E-state index in [0.717, 1.165) is 127 Å². The van der Waals surface area contributed by atoms with Crippen molar-refractivity contribution in [1.82, 2.24) is 0 Å². The highest BCUT2D eigenvalue weighted by molar-refractivity contribution is 7.47. The average molecular weight is 1480 g/mol. The summed E-state index contributed by atoms with van der Waals surface area (Å²) in [6, 6.07) is 0. The molecule has 101 heavy (non-hydrogen) atoms. The molecule has 0 aromatic heterocycles. The van der Waals surface area contributed by atoms with Gasteiger partial charge in [-0.25, -0.2) is 9.13 Å². The van der Waals surface area contributed by atoms with Gasteiger partial charge < -0.3 is 33.8 Å². The number of ether oxygens (including phenoxy) is 4. The van der Waals surface area contributed by atoms with Crippen LogP contribution >= 0.6 is 15.6 Å². The number of aliphatic hydroxyl groups excluding tert-OH is 1. The number of hydrogen-bond donors (Lipinski definition) is 3. The maximum absolute atomic E-state index is 13.1. The van der Waals surface area contributed by atoms with E-state index in [4.69, 9.17) is 37.0 Å². The van der Waals surface area contributed by atoms with Crippen LogP contribution in [0.25, 0.3) is 0 Å². The molecular weight excluding hydrogens is 1320 g/mol. The third-order valence-electron chi connectivity index (χ3n) is 18.9. The van der Waals surface area contributed by atoms with Crippen LogP contribution in [0.1, 0.15) is 402 Å². The number of phosphoric ester groups is 2. The van der Waals surface area contributed by atoms with Crippen LogP contribution in [0.15, 0.2) is 24.3 Å². The van der Waals surface area contributed by atoms with Gasteiger partial charge in [-0.1, -0.05) is 349 Å². The van der Waals surface area contributed by atoms with Crippen LogP contribution < -0.4 is 0 Å². The third kappa shape index (κ3) is 74.2. The highest BCUT2D eigenvalue weighted by Crippen LogP contribution is 2.45. The highest BCUT2D eigenvalue weighted by Gasteiger charge is 2.30. The summed E-state index contributed by atoms with van der Waals surface area (Å²) in [6.07, 6.45) is 63.1. The summed E-state index contributed by atoms with van der Waals surface area (Å²) in [7, 11) is -9.94. The van der Waals surface area contributed by atoms with Crippen molar-refractivity contribution in [3.05, 3.63) is 24.3 Å². The van der Waals surface area contributed by atoms with Gasteiger partial charge in [0.15, 0.2) is 12.2 Å². The molecule has 0 saturated carbocycles. The number of unbranched alkanes of at least 4 members (excludes halogenated alkanes) is 42.